The van der Waals surface area contributed by atoms with E-state index in [9.17, 15) is 10.2 Å². The molecule has 0 aliphatic carbocycles. The number of aliphatic hydroxyl groups excluding tert-OH is 2. The maximum atomic E-state index is 10.3. The van der Waals surface area contributed by atoms with E-state index in [0.717, 1.165) is 98.0 Å². The summed E-state index contributed by atoms with van der Waals surface area (Å²) in [5, 5.41) is 20.5. The molecule has 192 valence electrons. The summed E-state index contributed by atoms with van der Waals surface area (Å²) in [5.41, 5.74) is 6.56. The fourth-order valence-electron chi connectivity index (χ4n) is 4.55. The predicted octanol–water partition coefficient (Wildman–Crippen LogP) is 10.3. The van der Waals surface area contributed by atoms with Crippen LogP contribution in [0.25, 0.3) is 11.1 Å². The zero-order valence-corrected chi connectivity index (χ0v) is 22.8. The third kappa shape index (κ3) is 8.19. The van der Waals surface area contributed by atoms with E-state index in [1.54, 1.807) is 13.8 Å². The van der Waals surface area contributed by atoms with Crippen LogP contribution in [0.5, 0.6) is 11.5 Å². The highest BCUT2D eigenvalue weighted by atomic mass is 16.5. The van der Waals surface area contributed by atoms with Crippen LogP contribution in [0.3, 0.4) is 0 Å². The summed E-state index contributed by atoms with van der Waals surface area (Å²) in [5.74, 6) is 2.58. The van der Waals surface area contributed by atoms with E-state index in [-0.39, 0.29) is 0 Å². The molecule has 3 nitrogen and oxygen atoms in total. The van der Waals surface area contributed by atoms with Gasteiger partial charge in [0.25, 0.3) is 0 Å². The van der Waals surface area contributed by atoms with Crippen molar-refractivity contribution in [2.45, 2.75) is 106 Å². The minimum absolute atomic E-state index is 0.398. The van der Waals surface area contributed by atoms with Crippen LogP contribution in [0, 0.1) is 0 Å². The molecule has 2 aromatic carbocycles. The van der Waals surface area contributed by atoms with Crippen molar-refractivity contribution in [3.8, 4) is 11.5 Å². The lowest BCUT2D eigenvalue weighted by Crippen LogP contribution is -2.00. The molecular weight excluding hydrogens is 432 g/mol. The first-order valence-corrected chi connectivity index (χ1v) is 13.6. The van der Waals surface area contributed by atoms with Crippen LogP contribution in [-0.4, -0.2) is 10.2 Å². The Morgan fingerprint density at radius 2 is 1.03 bits per heavy atom. The molecule has 0 aromatic heterocycles. The van der Waals surface area contributed by atoms with Gasteiger partial charge in [-0.05, 0) is 110 Å². The smallest absolute Gasteiger partial charge is 0.130 e. The van der Waals surface area contributed by atoms with Gasteiger partial charge in [0, 0.05) is 0 Å². The minimum Gasteiger partial charge on any atom is -0.512 e. The van der Waals surface area contributed by atoms with Crippen molar-refractivity contribution >= 4 is 11.1 Å². The highest BCUT2D eigenvalue weighted by Crippen LogP contribution is 2.35. The summed E-state index contributed by atoms with van der Waals surface area (Å²) in [6.07, 6.45) is 9.99. The maximum Gasteiger partial charge on any atom is 0.130 e. The first-order chi connectivity index (χ1) is 16.9. The van der Waals surface area contributed by atoms with Gasteiger partial charge in [-0.25, -0.2) is 0 Å². The van der Waals surface area contributed by atoms with Gasteiger partial charge in [0.1, 0.15) is 11.5 Å². The van der Waals surface area contributed by atoms with Gasteiger partial charge in [0.15, 0.2) is 0 Å². The molecule has 0 saturated carbocycles. The lowest BCUT2D eigenvalue weighted by Gasteiger charge is -2.18. The second-order valence-corrected chi connectivity index (χ2v) is 9.58. The molecule has 0 aliphatic heterocycles. The number of unbranched alkanes of at least 4 members (excludes halogenated alkanes) is 2. The monoisotopic (exact) mass is 478 g/mol. The molecule has 0 bridgehead atoms. The molecule has 0 radical (unpaired) electrons. The van der Waals surface area contributed by atoms with Crippen molar-refractivity contribution in [2.75, 3.05) is 0 Å². The Labute approximate surface area is 213 Å². The van der Waals surface area contributed by atoms with Crippen LogP contribution in [0.15, 0.2) is 47.9 Å². The molecule has 2 aromatic rings. The standard InChI is InChI=1S/C32H46O3/c1-7-11-15-27-21-25(29(13-9-3)23(5)33)17-19-31(27)35-32-20-18-26(22-28(32)16-12-8-2)30(14-10-4)24(6)34/h17-22,33-34H,7-16H2,1-6H3/b29-23-,30-24-. The SMILES string of the molecule is CCCCc1cc(/C(CCC)=C(/C)O)ccc1Oc1ccc(/C(CCC)=C(/C)O)cc1CCCC. The third-order valence-corrected chi connectivity index (χ3v) is 6.51. The second-order valence-electron chi connectivity index (χ2n) is 9.58. The Morgan fingerprint density at radius 1 is 0.629 bits per heavy atom. The molecular formula is C32H46O3. The Hall–Kier alpha value is -2.68. The van der Waals surface area contributed by atoms with Crippen LogP contribution in [-0.2, 0) is 12.8 Å². The van der Waals surface area contributed by atoms with Gasteiger partial charge in [0.05, 0.1) is 11.5 Å². The predicted molar refractivity (Wildman–Crippen MR) is 150 cm³/mol. The van der Waals surface area contributed by atoms with Gasteiger partial charge in [-0.3, -0.25) is 0 Å². The largest absolute Gasteiger partial charge is 0.512 e. The number of benzene rings is 2. The lowest BCUT2D eigenvalue weighted by molar-refractivity contribution is 0.414. The zero-order valence-electron chi connectivity index (χ0n) is 22.8. The Kier molecular flexibility index (Phi) is 12.0. The van der Waals surface area contributed by atoms with E-state index < -0.39 is 0 Å². The molecule has 0 unspecified atom stereocenters. The van der Waals surface area contributed by atoms with Crippen molar-refractivity contribution in [3.05, 3.63) is 70.2 Å². The minimum atomic E-state index is 0.398. The van der Waals surface area contributed by atoms with E-state index in [4.69, 9.17) is 4.74 Å². The van der Waals surface area contributed by atoms with Crippen molar-refractivity contribution in [3.63, 3.8) is 0 Å². The molecule has 3 heteroatoms. The van der Waals surface area contributed by atoms with Gasteiger partial charge in [-0.2, -0.15) is 0 Å². The molecule has 0 heterocycles. The lowest BCUT2D eigenvalue weighted by atomic mass is 9.95. The number of hydrogen-bond acceptors (Lipinski definition) is 3. The van der Waals surface area contributed by atoms with Crippen LogP contribution < -0.4 is 4.74 Å². The average molecular weight is 479 g/mol. The van der Waals surface area contributed by atoms with Gasteiger partial charge in [-0.15, -0.1) is 0 Å². The molecule has 0 fully saturated rings. The normalized spacial score (nSPS) is 12.9. The summed E-state index contributed by atoms with van der Waals surface area (Å²) in [4.78, 5) is 0. The van der Waals surface area contributed by atoms with E-state index in [1.807, 2.05) is 0 Å². The number of hydrogen-bond donors (Lipinski definition) is 2. The Morgan fingerprint density at radius 3 is 1.34 bits per heavy atom. The summed E-state index contributed by atoms with van der Waals surface area (Å²) in [7, 11) is 0. The molecule has 2 N–H and O–H groups in total. The van der Waals surface area contributed by atoms with Crippen molar-refractivity contribution in [1.82, 2.24) is 0 Å². The van der Waals surface area contributed by atoms with Crippen LogP contribution in [0.4, 0.5) is 0 Å². The second kappa shape index (κ2) is 14.7. The van der Waals surface area contributed by atoms with Crippen molar-refractivity contribution in [2.24, 2.45) is 0 Å². The van der Waals surface area contributed by atoms with Gasteiger partial charge >= 0.3 is 0 Å². The van der Waals surface area contributed by atoms with Crippen LogP contribution in [0.1, 0.15) is 115 Å². The molecule has 0 spiro atoms. The first kappa shape index (κ1) is 28.6. The van der Waals surface area contributed by atoms with Crippen molar-refractivity contribution < 1.29 is 14.9 Å². The Balaban J connectivity index is 2.51. The quantitative estimate of drug-likeness (QED) is 0.265. The number of allylic oxidation sites excluding steroid dienone is 4. The number of aliphatic hydroxyl groups is 2. The highest BCUT2D eigenvalue weighted by molar-refractivity contribution is 5.70. The summed E-state index contributed by atoms with van der Waals surface area (Å²) >= 11 is 0. The average Bonchev–Trinajstić information content (AvgIpc) is 2.84. The number of aryl methyl sites for hydroxylation is 2. The molecule has 35 heavy (non-hydrogen) atoms. The number of rotatable bonds is 14. The first-order valence-electron chi connectivity index (χ1n) is 13.6. The Bertz CT molecular complexity index is 924. The van der Waals surface area contributed by atoms with Crippen molar-refractivity contribution in [1.29, 1.82) is 0 Å². The van der Waals surface area contributed by atoms with E-state index in [2.05, 4.69) is 64.1 Å². The fraction of sp³-hybridized carbons (Fsp3) is 0.500. The maximum absolute atomic E-state index is 10.3. The zero-order chi connectivity index (χ0) is 25.8. The van der Waals surface area contributed by atoms with E-state index in [0.29, 0.717) is 11.5 Å². The van der Waals surface area contributed by atoms with Crippen LogP contribution in [0.2, 0.25) is 0 Å². The van der Waals surface area contributed by atoms with E-state index in [1.165, 1.54) is 11.1 Å². The number of ether oxygens (including phenoxy) is 1. The summed E-state index contributed by atoms with van der Waals surface area (Å²) in [6.45, 7) is 12.2. The molecule has 0 saturated heterocycles. The van der Waals surface area contributed by atoms with Gasteiger partial charge in [-0.1, -0.05) is 65.5 Å². The highest BCUT2D eigenvalue weighted by Gasteiger charge is 2.15. The van der Waals surface area contributed by atoms with Gasteiger partial charge in [0.2, 0.25) is 0 Å². The fourth-order valence-corrected chi connectivity index (χ4v) is 4.55. The summed E-state index contributed by atoms with van der Waals surface area (Å²) < 4.78 is 6.59. The van der Waals surface area contributed by atoms with Gasteiger partial charge < -0.3 is 14.9 Å². The molecule has 0 amide bonds. The van der Waals surface area contributed by atoms with E-state index >= 15 is 0 Å². The van der Waals surface area contributed by atoms with Crippen LogP contribution >= 0.6 is 0 Å². The molecule has 2 rings (SSSR count). The molecule has 0 aliphatic rings. The third-order valence-electron chi connectivity index (χ3n) is 6.51. The topological polar surface area (TPSA) is 49.7 Å². The summed E-state index contributed by atoms with van der Waals surface area (Å²) in [6, 6.07) is 12.7. The molecule has 0 atom stereocenters.